The number of methoxy groups -OCH3 is 1. The highest BCUT2D eigenvalue weighted by molar-refractivity contribution is 5.78. The van der Waals surface area contributed by atoms with Crippen molar-refractivity contribution in [2.75, 3.05) is 7.11 Å². The molecule has 19 heavy (non-hydrogen) atoms. The minimum Gasteiger partial charge on any atom is -0.497 e. The van der Waals surface area contributed by atoms with Crippen LogP contribution in [-0.2, 0) is 4.79 Å². The van der Waals surface area contributed by atoms with Crippen LogP contribution in [0.2, 0.25) is 0 Å². The normalized spacial score (nSPS) is 24.4. The number of rotatable bonds is 3. The second kappa shape index (κ2) is 3.73. The van der Waals surface area contributed by atoms with Crippen molar-refractivity contribution in [1.29, 1.82) is 0 Å². The lowest BCUT2D eigenvalue weighted by Gasteiger charge is -1.96. The molecule has 0 spiro atoms. The second-order valence-corrected chi connectivity index (χ2v) is 5.50. The van der Waals surface area contributed by atoms with Gasteiger partial charge in [0.2, 0.25) is 0 Å². The lowest BCUT2D eigenvalue weighted by molar-refractivity contribution is -0.139. The fraction of sp³-hybridized carbons (Fsp3) is 0.429. The molecule has 5 nitrogen and oxygen atoms in total. The topological polar surface area (TPSA) is 72.6 Å². The first-order chi connectivity index (χ1) is 8.95. The van der Waals surface area contributed by atoms with Crippen molar-refractivity contribution in [3.63, 3.8) is 0 Å². The third kappa shape index (κ3) is 1.69. The summed E-state index contributed by atoms with van der Waals surface area (Å²) in [4.78, 5) is 15.6. The molecule has 1 N–H and O–H groups in total. The van der Waals surface area contributed by atoms with Gasteiger partial charge in [0.1, 0.15) is 11.3 Å². The van der Waals surface area contributed by atoms with E-state index in [1.54, 1.807) is 25.3 Å². The molecule has 2 unspecified atom stereocenters. The number of ether oxygens (including phenoxy) is 1. The Morgan fingerprint density at radius 3 is 2.79 bits per heavy atom. The smallest absolute Gasteiger partial charge is 0.307 e. The van der Waals surface area contributed by atoms with Crippen LogP contribution >= 0.6 is 0 Å². The molecule has 0 radical (unpaired) electrons. The number of hydrogen-bond acceptors (Lipinski definition) is 4. The van der Waals surface area contributed by atoms with E-state index in [4.69, 9.17) is 9.15 Å². The fourth-order valence-electron chi connectivity index (χ4n) is 2.74. The van der Waals surface area contributed by atoms with E-state index in [2.05, 4.69) is 4.98 Å². The van der Waals surface area contributed by atoms with Gasteiger partial charge in [0, 0.05) is 6.07 Å². The van der Waals surface area contributed by atoms with Crippen molar-refractivity contribution in [3.05, 3.63) is 24.1 Å². The van der Waals surface area contributed by atoms with Gasteiger partial charge < -0.3 is 14.3 Å². The third-order valence-electron chi connectivity index (χ3n) is 3.97. The van der Waals surface area contributed by atoms with Crippen LogP contribution in [0.5, 0.6) is 5.75 Å². The number of oxazole rings is 1. The van der Waals surface area contributed by atoms with Gasteiger partial charge in [-0.25, -0.2) is 4.98 Å². The molecule has 0 aliphatic heterocycles. The summed E-state index contributed by atoms with van der Waals surface area (Å²) in [6.45, 7) is 3.85. The van der Waals surface area contributed by atoms with Crippen LogP contribution in [0, 0.1) is 11.3 Å². The van der Waals surface area contributed by atoms with E-state index >= 15 is 0 Å². The summed E-state index contributed by atoms with van der Waals surface area (Å²) < 4.78 is 10.8. The van der Waals surface area contributed by atoms with Gasteiger partial charge in [-0.3, -0.25) is 4.79 Å². The Bertz CT molecular complexity index is 659. The van der Waals surface area contributed by atoms with Crippen molar-refractivity contribution in [2.24, 2.45) is 11.3 Å². The molecule has 0 bridgehead atoms. The van der Waals surface area contributed by atoms with E-state index in [9.17, 15) is 9.90 Å². The van der Waals surface area contributed by atoms with E-state index in [1.165, 1.54) is 0 Å². The van der Waals surface area contributed by atoms with Crippen LogP contribution in [0.15, 0.2) is 22.6 Å². The van der Waals surface area contributed by atoms with Crippen LogP contribution in [0.1, 0.15) is 25.7 Å². The number of aromatic nitrogens is 1. The molecular formula is C14H15NO4. The molecule has 2 aromatic rings. The first kappa shape index (κ1) is 12.0. The Morgan fingerprint density at radius 2 is 2.21 bits per heavy atom. The number of carboxylic acid groups (broad SMARTS) is 1. The molecule has 1 heterocycles. The standard InChI is InChI=1S/C14H15NO4/c1-14(2)10(11(14)13(16)17)12-15-8-6-7(18-3)4-5-9(8)19-12/h4-6,10-11H,1-3H3,(H,16,17). The van der Waals surface area contributed by atoms with Gasteiger partial charge >= 0.3 is 5.97 Å². The Hall–Kier alpha value is -2.04. The Labute approximate surface area is 110 Å². The number of fused-ring (bicyclic) bond motifs is 1. The molecular weight excluding hydrogens is 246 g/mol. The molecule has 0 saturated heterocycles. The van der Waals surface area contributed by atoms with Crippen molar-refractivity contribution in [3.8, 4) is 5.75 Å². The summed E-state index contributed by atoms with van der Waals surface area (Å²) in [6.07, 6.45) is 0. The molecule has 1 fully saturated rings. The molecule has 1 aliphatic carbocycles. The van der Waals surface area contributed by atoms with Crippen LogP contribution < -0.4 is 4.74 Å². The average molecular weight is 261 g/mol. The SMILES string of the molecule is COc1ccc2oc(C3C(C(=O)O)C3(C)C)nc2c1. The largest absolute Gasteiger partial charge is 0.497 e. The van der Waals surface area contributed by atoms with E-state index in [0.717, 1.165) is 0 Å². The van der Waals surface area contributed by atoms with Gasteiger partial charge in [0.15, 0.2) is 11.5 Å². The summed E-state index contributed by atoms with van der Waals surface area (Å²) in [5, 5.41) is 9.19. The zero-order valence-corrected chi connectivity index (χ0v) is 11.0. The highest BCUT2D eigenvalue weighted by Gasteiger charge is 2.65. The monoisotopic (exact) mass is 261 g/mol. The van der Waals surface area contributed by atoms with Crippen LogP contribution in [-0.4, -0.2) is 23.2 Å². The number of aliphatic carboxylic acids is 1. The number of hydrogen-bond donors (Lipinski definition) is 1. The van der Waals surface area contributed by atoms with Crippen LogP contribution in [0.3, 0.4) is 0 Å². The zero-order valence-electron chi connectivity index (χ0n) is 11.0. The minimum atomic E-state index is -0.796. The maximum absolute atomic E-state index is 11.2. The lowest BCUT2D eigenvalue weighted by Crippen LogP contribution is -2.03. The molecule has 2 atom stereocenters. The summed E-state index contributed by atoms with van der Waals surface area (Å²) in [7, 11) is 1.59. The van der Waals surface area contributed by atoms with Crippen molar-refractivity contribution in [1.82, 2.24) is 4.98 Å². The van der Waals surface area contributed by atoms with Gasteiger partial charge in [-0.15, -0.1) is 0 Å². The van der Waals surface area contributed by atoms with Crippen molar-refractivity contribution < 1.29 is 19.1 Å². The number of carbonyl (C=O) groups is 1. The van der Waals surface area contributed by atoms with Gasteiger partial charge in [-0.05, 0) is 17.5 Å². The van der Waals surface area contributed by atoms with Crippen LogP contribution in [0.25, 0.3) is 11.1 Å². The zero-order chi connectivity index (χ0) is 13.8. The summed E-state index contributed by atoms with van der Waals surface area (Å²) >= 11 is 0. The molecule has 1 aromatic heterocycles. The maximum atomic E-state index is 11.2. The van der Waals surface area contributed by atoms with E-state index < -0.39 is 11.9 Å². The number of benzene rings is 1. The molecule has 100 valence electrons. The fourth-order valence-corrected chi connectivity index (χ4v) is 2.74. The summed E-state index contributed by atoms with van der Waals surface area (Å²) in [5.74, 6) is -0.182. The Balaban J connectivity index is 2.01. The second-order valence-electron chi connectivity index (χ2n) is 5.50. The van der Waals surface area contributed by atoms with Crippen molar-refractivity contribution in [2.45, 2.75) is 19.8 Å². The van der Waals surface area contributed by atoms with E-state index in [0.29, 0.717) is 22.7 Å². The Kier molecular flexibility index (Phi) is 2.36. The first-order valence-electron chi connectivity index (χ1n) is 6.12. The average Bonchev–Trinajstić information content (AvgIpc) is 2.75. The molecule has 3 rings (SSSR count). The van der Waals surface area contributed by atoms with Gasteiger partial charge in [0.25, 0.3) is 0 Å². The maximum Gasteiger partial charge on any atom is 0.307 e. The third-order valence-corrected chi connectivity index (χ3v) is 3.97. The van der Waals surface area contributed by atoms with Crippen LogP contribution in [0.4, 0.5) is 0 Å². The predicted octanol–water partition coefficient (Wildman–Crippen LogP) is 2.66. The van der Waals surface area contributed by atoms with Crippen molar-refractivity contribution >= 4 is 17.1 Å². The highest BCUT2D eigenvalue weighted by atomic mass is 16.5. The predicted molar refractivity (Wildman–Crippen MR) is 68.2 cm³/mol. The van der Waals surface area contributed by atoms with E-state index in [-0.39, 0.29) is 11.3 Å². The molecule has 5 heteroatoms. The Morgan fingerprint density at radius 1 is 1.47 bits per heavy atom. The molecule has 1 saturated carbocycles. The first-order valence-corrected chi connectivity index (χ1v) is 6.12. The van der Waals surface area contributed by atoms with Gasteiger partial charge in [-0.1, -0.05) is 13.8 Å². The number of carboxylic acids is 1. The quantitative estimate of drug-likeness (QED) is 0.919. The highest BCUT2D eigenvalue weighted by Crippen LogP contribution is 2.64. The molecule has 1 aliphatic rings. The van der Waals surface area contributed by atoms with Gasteiger partial charge in [-0.2, -0.15) is 0 Å². The summed E-state index contributed by atoms with van der Waals surface area (Å²) in [6, 6.07) is 5.37. The molecule has 1 aromatic carbocycles. The minimum absolute atomic E-state index is 0.164. The van der Waals surface area contributed by atoms with Gasteiger partial charge in [0.05, 0.1) is 18.9 Å². The van der Waals surface area contributed by atoms with E-state index in [1.807, 2.05) is 13.8 Å². The number of nitrogens with zero attached hydrogens (tertiary/aromatic N) is 1. The summed E-state index contributed by atoms with van der Waals surface area (Å²) in [5.41, 5.74) is 1.04. The lowest BCUT2D eigenvalue weighted by atomic mass is 10.1. The molecule has 0 amide bonds.